The second kappa shape index (κ2) is 4.11. The van der Waals surface area contributed by atoms with E-state index in [0.29, 0.717) is 0 Å². The number of aliphatic hydroxyl groups is 1. The number of rotatable bonds is 3. The molecule has 0 heterocycles. The normalized spacial score (nSPS) is 13.8. The number of fused-ring (bicyclic) bond motifs is 1. The van der Waals surface area contributed by atoms with Crippen molar-refractivity contribution in [1.82, 2.24) is 0 Å². The minimum absolute atomic E-state index is 0.00713. The lowest BCUT2D eigenvalue weighted by Gasteiger charge is -2.15. The third-order valence-electron chi connectivity index (χ3n) is 2.98. The van der Waals surface area contributed by atoms with Crippen LogP contribution in [0.5, 0.6) is 11.5 Å². The summed E-state index contributed by atoms with van der Waals surface area (Å²) in [5, 5.41) is 9.27. The molecule has 15 heavy (non-hydrogen) atoms. The zero-order chi connectivity index (χ0) is 10.8. The van der Waals surface area contributed by atoms with Crippen molar-refractivity contribution in [3.8, 4) is 11.5 Å². The van der Waals surface area contributed by atoms with E-state index in [2.05, 4.69) is 0 Å². The van der Waals surface area contributed by atoms with E-state index in [1.807, 2.05) is 6.07 Å². The van der Waals surface area contributed by atoms with Crippen molar-refractivity contribution in [1.29, 1.82) is 0 Å². The standard InChI is InChI=1S/C12H16O3/c1-14-11-6-8(7-13)12(15-2)10-5-3-4-9(10)11/h6,13H,3-5,7H2,1-2H3. The maximum Gasteiger partial charge on any atom is 0.128 e. The van der Waals surface area contributed by atoms with E-state index in [9.17, 15) is 5.11 Å². The maximum absolute atomic E-state index is 9.27. The molecule has 3 nitrogen and oxygen atoms in total. The summed E-state index contributed by atoms with van der Waals surface area (Å²) in [6, 6.07) is 1.88. The van der Waals surface area contributed by atoms with Crippen molar-refractivity contribution in [3.63, 3.8) is 0 Å². The van der Waals surface area contributed by atoms with Gasteiger partial charge >= 0.3 is 0 Å². The molecular weight excluding hydrogens is 192 g/mol. The molecule has 1 aliphatic rings. The molecule has 0 aliphatic heterocycles. The van der Waals surface area contributed by atoms with Gasteiger partial charge in [0, 0.05) is 16.7 Å². The first-order valence-corrected chi connectivity index (χ1v) is 5.18. The van der Waals surface area contributed by atoms with E-state index < -0.39 is 0 Å². The van der Waals surface area contributed by atoms with Gasteiger partial charge < -0.3 is 14.6 Å². The number of hydrogen-bond donors (Lipinski definition) is 1. The Kier molecular flexibility index (Phi) is 2.82. The molecule has 0 saturated heterocycles. The molecule has 1 N–H and O–H groups in total. The topological polar surface area (TPSA) is 38.7 Å². The van der Waals surface area contributed by atoms with Crippen LogP contribution in [0.2, 0.25) is 0 Å². The molecule has 0 amide bonds. The van der Waals surface area contributed by atoms with Crippen LogP contribution in [0.3, 0.4) is 0 Å². The van der Waals surface area contributed by atoms with Crippen LogP contribution in [-0.2, 0) is 19.4 Å². The summed E-state index contributed by atoms with van der Waals surface area (Å²) >= 11 is 0. The fourth-order valence-corrected chi connectivity index (χ4v) is 2.32. The molecule has 0 unspecified atom stereocenters. The highest BCUT2D eigenvalue weighted by Crippen LogP contribution is 2.39. The molecule has 0 aromatic heterocycles. The maximum atomic E-state index is 9.27. The summed E-state index contributed by atoms with van der Waals surface area (Å²) in [4.78, 5) is 0. The van der Waals surface area contributed by atoms with Crippen LogP contribution in [0.15, 0.2) is 6.07 Å². The molecule has 1 aromatic rings. The lowest BCUT2D eigenvalue weighted by atomic mass is 10.0. The highest BCUT2D eigenvalue weighted by molar-refractivity contribution is 5.55. The molecule has 0 spiro atoms. The van der Waals surface area contributed by atoms with Crippen LogP contribution < -0.4 is 9.47 Å². The smallest absolute Gasteiger partial charge is 0.128 e. The van der Waals surface area contributed by atoms with Gasteiger partial charge in [-0.05, 0) is 25.3 Å². The monoisotopic (exact) mass is 208 g/mol. The van der Waals surface area contributed by atoms with Crippen LogP contribution in [-0.4, -0.2) is 19.3 Å². The van der Waals surface area contributed by atoms with Gasteiger partial charge in [0.15, 0.2) is 0 Å². The Labute approximate surface area is 89.6 Å². The number of hydrogen-bond acceptors (Lipinski definition) is 3. The minimum atomic E-state index is -0.00713. The second-order valence-electron chi connectivity index (χ2n) is 3.74. The number of ether oxygens (including phenoxy) is 2. The predicted molar refractivity (Wildman–Crippen MR) is 57.5 cm³/mol. The summed E-state index contributed by atoms with van der Waals surface area (Å²) in [7, 11) is 3.32. The lowest BCUT2D eigenvalue weighted by Crippen LogP contribution is -2.00. The lowest BCUT2D eigenvalue weighted by molar-refractivity contribution is 0.272. The van der Waals surface area contributed by atoms with Crippen molar-refractivity contribution in [2.75, 3.05) is 14.2 Å². The Balaban J connectivity index is 2.60. The van der Waals surface area contributed by atoms with Gasteiger partial charge in [-0.15, -0.1) is 0 Å². The molecule has 0 saturated carbocycles. The number of methoxy groups -OCH3 is 2. The summed E-state index contributed by atoms with van der Waals surface area (Å²) in [6.07, 6.45) is 3.19. The van der Waals surface area contributed by atoms with Gasteiger partial charge in [-0.25, -0.2) is 0 Å². The Bertz CT molecular complexity index is 372. The molecule has 0 fully saturated rings. The second-order valence-corrected chi connectivity index (χ2v) is 3.74. The Morgan fingerprint density at radius 3 is 2.53 bits per heavy atom. The van der Waals surface area contributed by atoms with E-state index in [1.54, 1.807) is 14.2 Å². The fourth-order valence-electron chi connectivity index (χ4n) is 2.32. The fraction of sp³-hybridized carbons (Fsp3) is 0.500. The number of benzene rings is 1. The van der Waals surface area contributed by atoms with Gasteiger partial charge in [0.2, 0.25) is 0 Å². The molecule has 2 rings (SSSR count). The first-order chi connectivity index (χ1) is 7.31. The third-order valence-corrected chi connectivity index (χ3v) is 2.98. The first-order valence-electron chi connectivity index (χ1n) is 5.18. The molecule has 0 radical (unpaired) electrons. The molecule has 0 atom stereocenters. The van der Waals surface area contributed by atoms with E-state index >= 15 is 0 Å². The summed E-state index contributed by atoms with van der Waals surface area (Å²) in [6.45, 7) is -0.00713. The van der Waals surface area contributed by atoms with Gasteiger partial charge in [0.1, 0.15) is 11.5 Å². The SMILES string of the molecule is COc1cc(CO)c(OC)c2c1CCC2. The van der Waals surface area contributed by atoms with Gasteiger partial charge in [0.05, 0.1) is 20.8 Å². The summed E-state index contributed by atoms with van der Waals surface area (Å²) in [5.41, 5.74) is 3.27. The van der Waals surface area contributed by atoms with Crippen LogP contribution in [0, 0.1) is 0 Å². The molecule has 0 bridgehead atoms. The van der Waals surface area contributed by atoms with Crippen LogP contribution in [0.4, 0.5) is 0 Å². The summed E-state index contributed by atoms with van der Waals surface area (Å²) < 4.78 is 10.7. The van der Waals surface area contributed by atoms with Gasteiger partial charge in [0.25, 0.3) is 0 Å². The van der Waals surface area contributed by atoms with E-state index in [-0.39, 0.29) is 6.61 Å². The molecule has 1 aromatic carbocycles. The van der Waals surface area contributed by atoms with E-state index in [4.69, 9.17) is 9.47 Å². The van der Waals surface area contributed by atoms with Gasteiger partial charge in [-0.1, -0.05) is 0 Å². The zero-order valence-electron chi connectivity index (χ0n) is 9.17. The van der Waals surface area contributed by atoms with Crippen molar-refractivity contribution < 1.29 is 14.6 Å². The van der Waals surface area contributed by atoms with Crippen molar-refractivity contribution in [2.24, 2.45) is 0 Å². The van der Waals surface area contributed by atoms with E-state index in [1.165, 1.54) is 11.1 Å². The first kappa shape index (κ1) is 10.3. The largest absolute Gasteiger partial charge is 0.496 e. The Morgan fingerprint density at radius 2 is 1.93 bits per heavy atom. The Morgan fingerprint density at radius 1 is 1.20 bits per heavy atom. The molecule has 1 aliphatic carbocycles. The minimum Gasteiger partial charge on any atom is -0.496 e. The number of aliphatic hydroxyl groups excluding tert-OH is 1. The quantitative estimate of drug-likeness (QED) is 0.821. The average molecular weight is 208 g/mol. The highest BCUT2D eigenvalue weighted by Gasteiger charge is 2.22. The van der Waals surface area contributed by atoms with Crippen LogP contribution in [0.1, 0.15) is 23.1 Å². The predicted octanol–water partition coefficient (Wildman–Crippen LogP) is 1.68. The molecule has 82 valence electrons. The zero-order valence-corrected chi connectivity index (χ0v) is 9.17. The summed E-state index contributed by atoms with van der Waals surface area (Å²) in [5.74, 6) is 1.72. The highest BCUT2D eigenvalue weighted by atomic mass is 16.5. The van der Waals surface area contributed by atoms with Crippen molar-refractivity contribution in [2.45, 2.75) is 25.9 Å². The average Bonchev–Trinajstić information content (AvgIpc) is 2.75. The van der Waals surface area contributed by atoms with Gasteiger partial charge in [-0.3, -0.25) is 0 Å². The van der Waals surface area contributed by atoms with Crippen LogP contribution in [0.25, 0.3) is 0 Å². The molecular formula is C12H16O3. The Hall–Kier alpha value is -1.22. The van der Waals surface area contributed by atoms with E-state index in [0.717, 1.165) is 36.3 Å². The van der Waals surface area contributed by atoms with Crippen LogP contribution >= 0.6 is 0 Å². The third kappa shape index (κ3) is 1.57. The van der Waals surface area contributed by atoms with Crippen molar-refractivity contribution >= 4 is 0 Å². The van der Waals surface area contributed by atoms with Gasteiger partial charge in [-0.2, -0.15) is 0 Å². The molecule has 3 heteroatoms. The van der Waals surface area contributed by atoms with Crippen molar-refractivity contribution in [3.05, 3.63) is 22.8 Å².